The highest BCUT2D eigenvalue weighted by atomic mass is 127. The van der Waals surface area contributed by atoms with Crippen LogP contribution in [-0.2, 0) is 10.0 Å². The van der Waals surface area contributed by atoms with E-state index in [4.69, 9.17) is 9.41 Å². The van der Waals surface area contributed by atoms with Gasteiger partial charge in [-0.25, -0.2) is 12.7 Å². The van der Waals surface area contributed by atoms with Gasteiger partial charge in [0, 0.05) is 26.2 Å². The lowest BCUT2D eigenvalue weighted by Crippen LogP contribution is -2.43. The number of halogens is 1. The van der Waals surface area contributed by atoms with Crippen molar-refractivity contribution in [3.05, 3.63) is 24.2 Å². The highest BCUT2D eigenvalue weighted by molar-refractivity contribution is 14.0. The average molecular weight is 556 g/mol. The van der Waals surface area contributed by atoms with Crippen LogP contribution in [0.25, 0.3) is 0 Å². The van der Waals surface area contributed by atoms with E-state index in [2.05, 4.69) is 15.5 Å². The van der Waals surface area contributed by atoms with Gasteiger partial charge < -0.3 is 15.1 Å². The molecule has 0 aliphatic carbocycles. The predicted molar refractivity (Wildman–Crippen MR) is 133 cm³/mol. The molecule has 1 atom stereocenters. The van der Waals surface area contributed by atoms with Crippen LogP contribution in [0, 0.1) is 0 Å². The summed E-state index contributed by atoms with van der Waals surface area (Å²) in [4.78, 5) is 7.16. The summed E-state index contributed by atoms with van der Waals surface area (Å²) < 4.78 is 31.9. The molecule has 0 bridgehead atoms. The highest BCUT2D eigenvalue weighted by Gasteiger charge is 2.24. The number of nitrogens with zero attached hydrogens (tertiary/aromatic N) is 3. The molecule has 1 aliphatic heterocycles. The van der Waals surface area contributed by atoms with E-state index in [-0.39, 0.29) is 35.8 Å². The van der Waals surface area contributed by atoms with E-state index in [0.717, 1.165) is 18.8 Å². The molecule has 8 nitrogen and oxygen atoms in total. The van der Waals surface area contributed by atoms with E-state index in [0.29, 0.717) is 38.7 Å². The normalized spacial score (nSPS) is 16.9. The number of hydrogen-bond donors (Lipinski definition) is 2. The summed E-state index contributed by atoms with van der Waals surface area (Å²) in [7, 11) is -3.25. The lowest BCUT2D eigenvalue weighted by molar-refractivity contribution is 0.150. The molecular formula is C20H38IN5O3S. The lowest BCUT2D eigenvalue weighted by Gasteiger charge is -2.32. The summed E-state index contributed by atoms with van der Waals surface area (Å²) in [5.41, 5.74) is 0. The molecule has 1 aromatic heterocycles. The minimum absolute atomic E-state index is 0. The number of likely N-dealkylation sites (tertiary alicyclic amines) is 1. The fourth-order valence-electron chi connectivity index (χ4n) is 3.66. The van der Waals surface area contributed by atoms with Crippen molar-refractivity contribution in [1.82, 2.24) is 19.8 Å². The number of sulfonamides is 1. The Labute approximate surface area is 198 Å². The van der Waals surface area contributed by atoms with Gasteiger partial charge >= 0.3 is 0 Å². The first-order valence-corrected chi connectivity index (χ1v) is 12.4. The van der Waals surface area contributed by atoms with Crippen LogP contribution in [-0.4, -0.2) is 75.1 Å². The molecule has 1 fully saturated rings. The van der Waals surface area contributed by atoms with Crippen molar-refractivity contribution < 1.29 is 12.8 Å². The van der Waals surface area contributed by atoms with Gasteiger partial charge in [0.05, 0.1) is 24.6 Å². The van der Waals surface area contributed by atoms with Crippen molar-refractivity contribution in [3.8, 4) is 0 Å². The quantitative estimate of drug-likeness (QED) is 0.248. The summed E-state index contributed by atoms with van der Waals surface area (Å²) in [5, 5.41) is 6.38. The second-order valence-electron chi connectivity index (χ2n) is 7.17. The van der Waals surface area contributed by atoms with Crippen LogP contribution in [0.15, 0.2) is 27.8 Å². The molecule has 0 spiro atoms. The van der Waals surface area contributed by atoms with Gasteiger partial charge in [-0.05, 0) is 45.0 Å². The average Bonchev–Trinajstić information content (AvgIpc) is 3.24. The monoisotopic (exact) mass is 555 g/mol. The Balaban J connectivity index is 0.00000450. The Morgan fingerprint density at radius 1 is 1.20 bits per heavy atom. The number of piperidine rings is 1. The standard InChI is InChI=1S/C20H37N5O3S.HI/c1-4-21-20(22-12-16-29(26,27)25(5-2)6-3)23-17-18(19-11-10-15-28-19)24-13-8-7-9-14-24;/h10-11,15,18H,4-9,12-14,16-17H2,1-3H3,(H2,21,22,23);1H. The summed E-state index contributed by atoms with van der Waals surface area (Å²) >= 11 is 0. The van der Waals surface area contributed by atoms with Crippen LogP contribution in [0.5, 0.6) is 0 Å². The van der Waals surface area contributed by atoms with Gasteiger partial charge in [-0.1, -0.05) is 20.3 Å². The zero-order chi connectivity index (χ0) is 21.1. The Kier molecular flexibility index (Phi) is 12.9. The Bertz CT molecular complexity index is 702. The third kappa shape index (κ3) is 8.35. The second kappa shape index (κ2) is 14.3. The summed E-state index contributed by atoms with van der Waals surface area (Å²) in [6.07, 6.45) is 5.37. The first kappa shape index (κ1) is 27.2. The Morgan fingerprint density at radius 2 is 1.90 bits per heavy atom. The first-order chi connectivity index (χ1) is 14.0. The van der Waals surface area contributed by atoms with E-state index in [1.165, 1.54) is 23.6 Å². The van der Waals surface area contributed by atoms with Gasteiger partial charge in [-0.15, -0.1) is 24.0 Å². The predicted octanol–water partition coefficient (Wildman–Crippen LogP) is 2.65. The zero-order valence-electron chi connectivity index (χ0n) is 18.5. The number of rotatable bonds is 11. The molecule has 0 saturated carbocycles. The number of nitrogens with one attached hydrogen (secondary N) is 2. The van der Waals surface area contributed by atoms with Crippen LogP contribution < -0.4 is 10.6 Å². The fourth-order valence-corrected chi connectivity index (χ4v) is 5.07. The Hall–Kier alpha value is -0.850. The second-order valence-corrected chi connectivity index (χ2v) is 9.26. The number of guanidine groups is 1. The molecule has 2 rings (SSSR count). The van der Waals surface area contributed by atoms with Crippen LogP contribution in [0.2, 0.25) is 0 Å². The van der Waals surface area contributed by atoms with E-state index in [9.17, 15) is 8.42 Å². The molecule has 10 heteroatoms. The van der Waals surface area contributed by atoms with Gasteiger partial charge in [0.25, 0.3) is 0 Å². The summed E-state index contributed by atoms with van der Waals surface area (Å²) in [6, 6.07) is 4.02. The lowest BCUT2D eigenvalue weighted by atomic mass is 10.1. The maximum Gasteiger partial charge on any atom is 0.215 e. The van der Waals surface area contributed by atoms with Crippen LogP contribution in [0.1, 0.15) is 51.8 Å². The molecule has 0 radical (unpaired) electrons. The fraction of sp³-hybridized carbons (Fsp3) is 0.750. The number of hydrogen-bond acceptors (Lipinski definition) is 5. The first-order valence-electron chi connectivity index (χ1n) is 10.8. The van der Waals surface area contributed by atoms with Crippen molar-refractivity contribution in [1.29, 1.82) is 0 Å². The van der Waals surface area contributed by atoms with Crippen molar-refractivity contribution in [3.63, 3.8) is 0 Å². The van der Waals surface area contributed by atoms with Gasteiger partial charge in [-0.2, -0.15) is 0 Å². The van der Waals surface area contributed by atoms with Gasteiger partial charge in [0.1, 0.15) is 5.76 Å². The molecule has 1 saturated heterocycles. The molecule has 0 aromatic carbocycles. The topological polar surface area (TPSA) is 90.2 Å². The molecule has 30 heavy (non-hydrogen) atoms. The van der Waals surface area contributed by atoms with Crippen molar-refractivity contribution in [2.75, 3.05) is 51.6 Å². The molecule has 1 unspecified atom stereocenters. The van der Waals surface area contributed by atoms with Crippen LogP contribution in [0.4, 0.5) is 0 Å². The van der Waals surface area contributed by atoms with Gasteiger partial charge in [0.2, 0.25) is 10.0 Å². The molecule has 2 heterocycles. The summed E-state index contributed by atoms with van der Waals surface area (Å²) in [5.74, 6) is 1.61. The molecule has 2 N–H and O–H groups in total. The molecule has 0 amide bonds. The maximum absolute atomic E-state index is 12.4. The minimum Gasteiger partial charge on any atom is -0.468 e. The van der Waals surface area contributed by atoms with Gasteiger partial charge in [-0.3, -0.25) is 9.89 Å². The third-order valence-corrected chi connectivity index (χ3v) is 7.24. The molecule has 1 aromatic rings. The van der Waals surface area contributed by atoms with E-state index in [1.54, 1.807) is 6.26 Å². The minimum atomic E-state index is -3.25. The third-order valence-electron chi connectivity index (χ3n) is 5.22. The highest BCUT2D eigenvalue weighted by Crippen LogP contribution is 2.25. The molecule has 174 valence electrons. The van der Waals surface area contributed by atoms with Crippen LogP contribution >= 0.6 is 24.0 Å². The Morgan fingerprint density at radius 3 is 2.47 bits per heavy atom. The smallest absolute Gasteiger partial charge is 0.215 e. The van der Waals surface area contributed by atoms with Gasteiger partial charge in [0.15, 0.2) is 5.96 Å². The zero-order valence-corrected chi connectivity index (χ0v) is 21.6. The number of aliphatic imine (C=N–C) groups is 1. The molecular weight excluding hydrogens is 517 g/mol. The molecule has 1 aliphatic rings. The van der Waals surface area contributed by atoms with Crippen LogP contribution in [0.3, 0.4) is 0 Å². The number of furan rings is 1. The summed E-state index contributed by atoms with van der Waals surface area (Å²) in [6.45, 7) is 10.4. The largest absolute Gasteiger partial charge is 0.468 e. The van der Waals surface area contributed by atoms with Crippen molar-refractivity contribution in [2.45, 2.75) is 46.1 Å². The van der Waals surface area contributed by atoms with E-state index >= 15 is 0 Å². The van der Waals surface area contributed by atoms with Crippen molar-refractivity contribution >= 4 is 40.0 Å². The maximum atomic E-state index is 12.4. The van der Waals surface area contributed by atoms with E-state index in [1.807, 2.05) is 32.9 Å². The van der Waals surface area contributed by atoms with Crippen molar-refractivity contribution in [2.24, 2.45) is 4.99 Å². The van der Waals surface area contributed by atoms with E-state index < -0.39 is 10.0 Å². The SMILES string of the molecule is CCNC(=NCC(c1ccco1)N1CCCCC1)NCCS(=O)(=O)N(CC)CC.I.